The molecule has 0 radical (unpaired) electrons. The largest absolute Gasteiger partial charge is 0.465 e. The Labute approximate surface area is 177 Å². The third-order valence-corrected chi connectivity index (χ3v) is 7.40. The van der Waals surface area contributed by atoms with Crippen LogP contribution in [0.3, 0.4) is 0 Å². The molecule has 0 aliphatic rings. The SMILES string of the molecule is CC(C)(C)C(Cc1cc(-c2cccnc2F)n(S(=O)(=O)c2nccs2)c1)NC(=O)O. The first kappa shape index (κ1) is 21.9. The van der Waals surface area contributed by atoms with Crippen LogP contribution in [-0.4, -0.2) is 39.6 Å². The number of hydrogen-bond donors (Lipinski definition) is 2. The van der Waals surface area contributed by atoms with Gasteiger partial charge in [-0.25, -0.2) is 18.7 Å². The minimum atomic E-state index is -4.07. The van der Waals surface area contributed by atoms with E-state index in [1.807, 2.05) is 20.8 Å². The fraction of sp³-hybridized carbons (Fsp3) is 0.316. The summed E-state index contributed by atoms with van der Waals surface area (Å²) in [7, 11) is -4.07. The molecule has 2 N–H and O–H groups in total. The Balaban J connectivity index is 2.14. The van der Waals surface area contributed by atoms with Crippen LogP contribution >= 0.6 is 11.3 Å². The number of amides is 1. The summed E-state index contributed by atoms with van der Waals surface area (Å²) < 4.78 is 41.5. The summed E-state index contributed by atoms with van der Waals surface area (Å²) in [5, 5.41) is 13.2. The Kier molecular flexibility index (Phi) is 5.95. The van der Waals surface area contributed by atoms with Crippen molar-refractivity contribution in [1.29, 1.82) is 0 Å². The van der Waals surface area contributed by atoms with Crippen LogP contribution in [0.4, 0.5) is 9.18 Å². The highest BCUT2D eigenvalue weighted by atomic mass is 32.2. The predicted octanol–water partition coefficient (Wildman–Crippen LogP) is 3.61. The Morgan fingerprint density at radius 1 is 1.33 bits per heavy atom. The molecule has 0 aromatic carbocycles. The number of nitrogens with one attached hydrogen (secondary N) is 1. The molecule has 0 saturated heterocycles. The van der Waals surface area contributed by atoms with Gasteiger partial charge in [0.05, 0.1) is 11.3 Å². The number of hydrogen-bond acceptors (Lipinski definition) is 6. The second-order valence-corrected chi connectivity index (χ2v) is 10.6. The highest BCUT2D eigenvalue weighted by Crippen LogP contribution is 2.31. The maximum atomic E-state index is 14.4. The fourth-order valence-electron chi connectivity index (χ4n) is 2.96. The maximum Gasteiger partial charge on any atom is 0.404 e. The van der Waals surface area contributed by atoms with Gasteiger partial charge in [0.2, 0.25) is 10.3 Å². The Bertz CT molecular complexity index is 1150. The van der Waals surface area contributed by atoms with E-state index in [1.54, 1.807) is 0 Å². The quantitative estimate of drug-likeness (QED) is 0.552. The molecule has 0 spiro atoms. The highest BCUT2D eigenvalue weighted by molar-refractivity contribution is 7.92. The molecule has 0 fully saturated rings. The molecule has 3 heterocycles. The van der Waals surface area contributed by atoms with E-state index < -0.39 is 33.5 Å². The number of nitrogens with zero attached hydrogens (tertiary/aromatic N) is 3. The van der Waals surface area contributed by atoms with Crippen LogP contribution in [0.25, 0.3) is 11.3 Å². The van der Waals surface area contributed by atoms with Crippen LogP contribution in [0.5, 0.6) is 0 Å². The molecular weight excluding hydrogens is 431 g/mol. The van der Waals surface area contributed by atoms with E-state index >= 15 is 0 Å². The number of carbonyl (C=O) groups is 1. The average molecular weight is 453 g/mol. The molecule has 11 heteroatoms. The Hall–Kier alpha value is -2.79. The van der Waals surface area contributed by atoms with Crippen molar-refractivity contribution in [2.45, 2.75) is 37.6 Å². The Morgan fingerprint density at radius 2 is 2.07 bits per heavy atom. The van der Waals surface area contributed by atoms with Crippen LogP contribution in [0.2, 0.25) is 0 Å². The van der Waals surface area contributed by atoms with Crippen molar-refractivity contribution in [3.05, 3.63) is 53.7 Å². The zero-order valence-electron chi connectivity index (χ0n) is 16.5. The van der Waals surface area contributed by atoms with Gasteiger partial charge in [-0.05, 0) is 35.6 Å². The van der Waals surface area contributed by atoms with Gasteiger partial charge in [0, 0.05) is 30.0 Å². The minimum Gasteiger partial charge on any atom is -0.465 e. The third-order valence-electron chi connectivity index (χ3n) is 4.55. The minimum absolute atomic E-state index is 0.0161. The van der Waals surface area contributed by atoms with Crippen molar-refractivity contribution in [3.8, 4) is 11.3 Å². The zero-order chi connectivity index (χ0) is 22.1. The van der Waals surface area contributed by atoms with Gasteiger partial charge in [-0.3, -0.25) is 0 Å². The van der Waals surface area contributed by atoms with E-state index in [4.69, 9.17) is 0 Å². The fourth-order valence-corrected chi connectivity index (χ4v) is 5.26. The number of halogens is 1. The van der Waals surface area contributed by atoms with Crippen LogP contribution in [0.1, 0.15) is 26.3 Å². The molecule has 3 aromatic rings. The molecule has 8 nitrogen and oxygen atoms in total. The highest BCUT2D eigenvalue weighted by Gasteiger charge is 2.30. The number of rotatable bonds is 6. The van der Waals surface area contributed by atoms with Crippen molar-refractivity contribution in [3.63, 3.8) is 0 Å². The first-order valence-electron chi connectivity index (χ1n) is 8.97. The molecule has 1 atom stereocenters. The van der Waals surface area contributed by atoms with Crippen molar-refractivity contribution < 1.29 is 22.7 Å². The molecular formula is C19H21FN4O4S2. The number of pyridine rings is 1. The molecule has 1 unspecified atom stereocenters. The summed E-state index contributed by atoms with van der Waals surface area (Å²) in [5.74, 6) is -0.811. The summed E-state index contributed by atoms with van der Waals surface area (Å²) in [4.78, 5) is 18.7. The van der Waals surface area contributed by atoms with Crippen molar-refractivity contribution in [1.82, 2.24) is 19.3 Å². The topological polar surface area (TPSA) is 114 Å². The molecule has 0 bridgehead atoms. The lowest BCUT2D eigenvalue weighted by atomic mass is 9.83. The predicted molar refractivity (Wildman–Crippen MR) is 110 cm³/mol. The average Bonchev–Trinajstić information content (AvgIpc) is 3.31. The number of carboxylic acid groups (broad SMARTS) is 1. The van der Waals surface area contributed by atoms with Gasteiger partial charge in [-0.1, -0.05) is 20.8 Å². The van der Waals surface area contributed by atoms with E-state index in [2.05, 4.69) is 15.3 Å². The van der Waals surface area contributed by atoms with Gasteiger partial charge in [-0.2, -0.15) is 12.8 Å². The van der Waals surface area contributed by atoms with Crippen molar-refractivity contribution in [2.24, 2.45) is 5.41 Å². The van der Waals surface area contributed by atoms with Gasteiger partial charge < -0.3 is 10.4 Å². The lowest BCUT2D eigenvalue weighted by Crippen LogP contribution is -2.44. The van der Waals surface area contributed by atoms with E-state index in [-0.39, 0.29) is 22.0 Å². The molecule has 1 amide bonds. The number of thiazole rings is 1. The first-order chi connectivity index (χ1) is 14.0. The van der Waals surface area contributed by atoms with Crippen molar-refractivity contribution >= 4 is 27.5 Å². The van der Waals surface area contributed by atoms with Gasteiger partial charge in [0.1, 0.15) is 0 Å². The maximum absolute atomic E-state index is 14.4. The Morgan fingerprint density at radius 3 is 2.63 bits per heavy atom. The standard InChI is InChI=1S/C19H21FN4O4S2/c1-19(2,3)15(23-17(25)26)10-12-9-14(13-5-4-6-21-16(13)20)24(11-12)30(27,28)18-22-7-8-29-18/h4-9,11,15,23H,10H2,1-3H3,(H,25,26). The lowest BCUT2D eigenvalue weighted by molar-refractivity contribution is 0.174. The van der Waals surface area contributed by atoms with E-state index in [1.165, 1.54) is 42.2 Å². The van der Waals surface area contributed by atoms with Gasteiger partial charge in [0.15, 0.2) is 0 Å². The van der Waals surface area contributed by atoms with Gasteiger partial charge in [-0.15, -0.1) is 11.3 Å². The summed E-state index contributed by atoms with van der Waals surface area (Å²) >= 11 is 0.949. The normalized spacial score (nSPS) is 13.2. The first-order valence-corrected chi connectivity index (χ1v) is 11.3. The molecule has 0 aliphatic heterocycles. The molecule has 0 saturated carbocycles. The van der Waals surface area contributed by atoms with Crippen LogP contribution in [-0.2, 0) is 16.4 Å². The van der Waals surface area contributed by atoms with Crippen LogP contribution in [0.15, 0.2) is 46.5 Å². The zero-order valence-corrected chi connectivity index (χ0v) is 18.2. The van der Waals surface area contributed by atoms with Gasteiger partial charge in [0.25, 0.3) is 10.0 Å². The second-order valence-electron chi connectivity index (χ2n) is 7.75. The second kappa shape index (κ2) is 8.15. The molecule has 3 rings (SSSR count). The van der Waals surface area contributed by atoms with Crippen LogP contribution < -0.4 is 5.32 Å². The van der Waals surface area contributed by atoms with E-state index in [9.17, 15) is 22.7 Å². The molecule has 160 valence electrons. The van der Waals surface area contributed by atoms with E-state index in [0.29, 0.717) is 5.56 Å². The summed E-state index contributed by atoms with van der Waals surface area (Å²) in [6.07, 6.45) is 3.06. The lowest BCUT2D eigenvalue weighted by Gasteiger charge is -2.30. The summed E-state index contributed by atoms with van der Waals surface area (Å²) in [6.45, 7) is 5.62. The molecule has 3 aromatic heterocycles. The monoisotopic (exact) mass is 452 g/mol. The smallest absolute Gasteiger partial charge is 0.404 e. The van der Waals surface area contributed by atoms with Crippen molar-refractivity contribution in [2.75, 3.05) is 0 Å². The molecule has 30 heavy (non-hydrogen) atoms. The van der Waals surface area contributed by atoms with Gasteiger partial charge >= 0.3 is 6.09 Å². The van der Waals surface area contributed by atoms with Crippen LogP contribution in [0, 0.1) is 11.4 Å². The van der Waals surface area contributed by atoms with E-state index in [0.717, 1.165) is 15.3 Å². The third kappa shape index (κ3) is 4.51. The summed E-state index contributed by atoms with van der Waals surface area (Å²) in [5.41, 5.74) is 0.201. The molecule has 0 aliphatic carbocycles. The number of aromatic nitrogens is 3. The summed E-state index contributed by atoms with van der Waals surface area (Å²) in [6, 6.07) is 3.98.